The molecule has 0 spiro atoms. The molecule has 2 aliphatic rings. The zero-order valence-electron chi connectivity index (χ0n) is 14.4. The van der Waals surface area contributed by atoms with Gasteiger partial charge in [0.25, 0.3) is 0 Å². The molecule has 2 aliphatic heterocycles. The van der Waals surface area contributed by atoms with Gasteiger partial charge in [0.05, 0.1) is 19.8 Å². The molecule has 0 radical (unpaired) electrons. The van der Waals surface area contributed by atoms with Crippen LogP contribution < -0.4 is 25.3 Å². The van der Waals surface area contributed by atoms with Gasteiger partial charge in [-0.1, -0.05) is 0 Å². The van der Waals surface area contributed by atoms with E-state index in [1.807, 2.05) is 18.2 Å². The van der Waals surface area contributed by atoms with Crippen LogP contribution in [-0.2, 0) is 4.74 Å². The molecule has 0 atom stereocenters. The number of fused-ring (bicyclic) bond motifs is 1. The average Bonchev–Trinajstić information content (AvgIpc) is 3.11. The molecule has 8 nitrogen and oxygen atoms in total. The van der Waals surface area contributed by atoms with Crippen molar-refractivity contribution >= 4 is 5.96 Å². The Morgan fingerprint density at radius 3 is 2.96 bits per heavy atom. The molecule has 3 N–H and O–H groups in total. The third kappa shape index (κ3) is 5.68. The molecule has 25 heavy (non-hydrogen) atoms. The van der Waals surface area contributed by atoms with Gasteiger partial charge in [0.1, 0.15) is 12.4 Å². The van der Waals surface area contributed by atoms with Crippen LogP contribution in [0.3, 0.4) is 0 Å². The van der Waals surface area contributed by atoms with Gasteiger partial charge < -0.3 is 30.0 Å². The van der Waals surface area contributed by atoms with Crippen molar-refractivity contribution < 1.29 is 18.9 Å². The zero-order chi connectivity index (χ0) is 17.3. The van der Waals surface area contributed by atoms with Crippen LogP contribution >= 0.6 is 0 Å². The molecule has 1 fully saturated rings. The van der Waals surface area contributed by atoms with E-state index in [-0.39, 0.29) is 6.79 Å². The van der Waals surface area contributed by atoms with Crippen molar-refractivity contribution in [1.29, 1.82) is 0 Å². The summed E-state index contributed by atoms with van der Waals surface area (Å²) in [6.45, 7) is 6.78. The lowest BCUT2D eigenvalue weighted by atomic mass is 10.3. The molecule has 1 aromatic rings. The Morgan fingerprint density at radius 2 is 2.08 bits per heavy atom. The van der Waals surface area contributed by atoms with Gasteiger partial charge >= 0.3 is 0 Å². The highest BCUT2D eigenvalue weighted by molar-refractivity contribution is 5.77. The maximum atomic E-state index is 5.86. The first-order chi connectivity index (χ1) is 12.3. The van der Waals surface area contributed by atoms with Crippen LogP contribution in [0.5, 0.6) is 17.2 Å². The van der Waals surface area contributed by atoms with E-state index in [1.165, 1.54) is 0 Å². The number of hydrogen-bond acceptors (Lipinski definition) is 6. The summed E-state index contributed by atoms with van der Waals surface area (Å²) in [6, 6.07) is 5.53. The molecule has 0 unspecified atom stereocenters. The molecule has 138 valence electrons. The minimum atomic E-state index is 0.263. The Hall–Kier alpha value is -2.19. The molecule has 1 saturated heterocycles. The SMILES string of the molecule is NC(=NCCCN1CCOCC1)NCCOc1ccc2c(c1)OCO2. The average molecular weight is 350 g/mol. The standard InChI is InChI=1S/C17H26N4O4/c18-17(19-4-1-6-21-7-10-22-11-8-21)20-5-9-23-14-2-3-15-16(12-14)25-13-24-15/h2-3,12H,1,4-11,13H2,(H3,18,19,20). The van der Waals surface area contributed by atoms with Crippen LogP contribution in [0.15, 0.2) is 23.2 Å². The van der Waals surface area contributed by atoms with E-state index in [4.69, 9.17) is 24.7 Å². The van der Waals surface area contributed by atoms with Gasteiger partial charge in [-0.25, -0.2) is 0 Å². The van der Waals surface area contributed by atoms with E-state index in [2.05, 4.69) is 15.2 Å². The number of benzene rings is 1. The van der Waals surface area contributed by atoms with Gasteiger partial charge in [-0.05, 0) is 18.6 Å². The van der Waals surface area contributed by atoms with E-state index in [9.17, 15) is 0 Å². The summed E-state index contributed by atoms with van der Waals surface area (Å²) in [5.74, 6) is 2.66. The Kier molecular flexibility index (Phi) is 6.58. The molecule has 0 bridgehead atoms. The highest BCUT2D eigenvalue weighted by Gasteiger charge is 2.13. The van der Waals surface area contributed by atoms with Gasteiger partial charge in [0, 0.05) is 32.2 Å². The summed E-state index contributed by atoms with van der Waals surface area (Å²) >= 11 is 0. The van der Waals surface area contributed by atoms with Crippen LogP contribution in [0, 0.1) is 0 Å². The van der Waals surface area contributed by atoms with Crippen molar-refractivity contribution in [3.8, 4) is 17.2 Å². The first-order valence-corrected chi connectivity index (χ1v) is 8.67. The molecule has 0 amide bonds. The van der Waals surface area contributed by atoms with Crippen LogP contribution in [0.1, 0.15) is 6.42 Å². The van der Waals surface area contributed by atoms with Crippen molar-refractivity contribution in [3.05, 3.63) is 18.2 Å². The molecule has 3 rings (SSSR count). The summed E-state index contributed by atoms with van der Waals surface area (Å²) in [6.07, 6.45) is 0.996. The predicted octanol–water partition coefficient (Wildman–Crippen LogP) is 0.421. The molecule has 0 aliphatic carbocycles. The lowest BCUT2D eigenvalue weighted by Gasteiger charge is -2.26. The van der Waals surface area contributed by atoms with E-state index >= 15 is 0 Å². The van der Waals surface area contributed by atoms with Gasteiger partial charge in [-0.15, -0.1) is 0 Å². The molecule has 1 aromatic carbocycles. The number of guanidine groups is 1. The maximum Gasteiger partial charge on any atom is 0.231 e. The van der Waals surface area contributed by atoms with Crippen LogP contribution in [-0.4, -0.2) is 70.2 Å². The zero-order valence-corrected chi connectivity index (χ0v) is 14.4. The summed E-state index contributed by atoms with van der Waals surface area (Å²) in [5.41, 5.74) is 5.86. The molecule has 2 heterocycles. The summed E-state index contributed by atoms with van der Waals surface area (Å²) in [4.78, 5) is 6.72. The molecular formula is C17H26N4O4. The van der Waals surface area contributed by atoms with Gasteiger partial charge in [-0.3, -0.25) is 9.89 Å². The van der Waals surface area contributed by atoms with Crippen molar-refractivity contribution in [2.24, 2.45) is 10.7 Å². The molecule has 8 heteroatoms. The van der Waals surface area contributed by atoms with E-state index in [0.717, 1.165) is 57.3 Å². The van der Waals surface area contributed by atoms with Crippen molar-refractivity contribution in [1.82, 2.24) is 10.2 Å². The van der Waals surface area contributed by atoms with Crippen molar-refractivity contribution in [3.63, 3.8) is 0 Å². The fraction of sp³-hybridized carbons (Fsp3) is 0.588. The lowest BCUT2D eigenvalue weighted by Crippen LogP contribution is -2.37. The second-order valence-corrected chi connectivity index (χ2v) is 5.86. The van der Waals surface area contributed by atoms with Gasteiger partial charge in [0.15, 0.2) is 17.5 Å². The number of nitrogens with two attached hydrogens (primary N) is 1. The maximum absolute atomic E-state index is 5.86. The molecular weight excluding hydrogens is 324 g/mol. The number of nitrogens with zero attached hydrogens (tertiary/aromatic N) is 2. The number of ether oxygens (including phenoxy) is 4. The Balaban J connectivity index is 1.26. The topological polar surface area (TPSA) is 90.6 Å². The second-order valence-electron chi connectivity index (χ2n) is 5.86. The Labute approximate surface area is 147 Å². The highest BCUT2D eigenvalue weighted by atomic mass is 16.7. The quantitative estimate of drug-likeness (QED) is 0.399. The third-order valence-corrected chi connectivity index (χ3v) is 4.04. The summed E-state index contributed by atoms with van der Waals surface area (Å²) < 4.78 is 21.6. The largest absolute Gasteiger partial charge is 0.492 e. The number of rotatable bonds is 8. The summed E-state index contributed by atoms with van der Waals surface area (Å²) in [7, 11) is 0. The fourth-order valence-electron chi connectivity index (χ4n) is 2.69. The smallest absolute Gasteiger partial charge is 0.231 e. The minimum Gasteiger partial charge on any atom is -0.492 e. The fourth-order valence-corrected chi connectivity index (χ4v) is 2.69. The lowest BCUT2D eigenvalue weighted by molar-refractivity contribution is 0.0377. The number of morpholine rings is 1. The monoisotopic (exact) mass is 350 g/mol. The number of aliphatic imine (C=N–C) groups is 1. The number of nitrogens with one attached hydrogen (secondary N) is 1. The van der Waals surface area contributed by atoms with Crippen molar-refractivity contribution in [2.75, 3.05) is 59.3 Å². The Bertz CT molecular complexity index is 576. The van der Waals surface area contributed by atoms with Crippen LogP contribution in [0.2, 0.25) is 0 Å². The van der Waals surface area contributed by atoms with E-state index in [1.54, 1.807) is 0 Å². The highest BCUT2D eigenvalue weighted by Crippen LogP contribution is 2.34. The van der Waals surface area contributed by atoms with E-state index < -0.39 is 0 Å². The second kappa shape index (κ2) is 9.33. The molecule has 0 aromatic heterocycles. The normalized spacial score (nSPS) is 17.5. The van der Waals surface area contributed by atoms with Gasteiger partial charge in [0.2, 0.25) is 6.79 Å². The van der Waals surface area contributed by atoms with Crippen LogP contribution in [0.25, 0.3) is 0 Å². The van der Waals surface area contributed by atoms with Crippen molar-refractivity contribution in [2.45, 2.75) is 6.42 Å². The van der Waals surface area contributed by atoms with Gasteiger partial charge in [-0.2, -0.15) is 0 Å². The van der Waals surface area contributed by atoms with Crippen LogP contribution in [0.4, 0.5) is 0 Å². The summed E-state index contributed by atoms with van der Waals surface area (Å²) in [5, 5.41) is 3.06. The number of hydrogen-bond donors (Lipinski definition) is 2. The first-order valence-electron chi connectivity index (χ1n) is 8.67. The minimum absolute atomic E-state index is 0.263. The third-order valence-electron chi connectivity index (χ3n) is 4.04. The Morgan fingerprint density at radius 1 is 1.24 bits per heavy atom. The molecule has 0 saturated carbocycles. The predicted molar refractivity (Wildman–Crippen MR) is 94.4 cm³/mol. The first kappa shape index (κ1) is 17.6. The van der Waals surface area contributed by atoms with E-state index in [0.29, 0.717) is 24.9 Å².